The molecule has 0 atom stereocenters. The predicted molar refractivity (Wildman–Crippen MR) is 125 cm³/mol. The van der Waals surface area contributed by atoms with Crippen LogP contribution >= 0.6 is 11.8 Å². The number of benzene rings is 3. The predicted octanol–water partition coefficient (Wildman–Crippen LogP) is 6.17. The van der Waals surface area contributed by atoms with Gasteiger partial charge in [-0.2, -0.15) is 0 Å². The van der Waals surface area contributed by atoms with Crippen LogP contribution in [-0.2, 0) is 19.6 Å². The second kappa shape index (κ2) is 9.29. The summed E-state index contributed by atoms with van der Waals surface area (Å²) in [5, 5.41) is 6.18. The van der Waals surface area contributed by atoms with Crippen molar-refractivity contribution in [1.82, 2.24) is 14.9 Å². The summed E-state index contributed by atoms with van der Waals surface area (Å²) >= 11 is 1.90. The van der Waals surface area contributed by atoms with E-state index in [1.165, 1.54) is 33.2 Å². The summed E-state index contributed by atoms with van der Waals surface area (Å²) in [6.45, 7) is 8.47. The number of rotatable bonds is 9. The van der Waals surface area contributed by atoms with Gasteiger partial charge in [-0.15, -0.1) is 18.3 Å². The van der Waals surface area contributed by atoms with Crippen molar-refractivity contribution in [1.29, 1.82) is 0 Å². The van der Waals surface area contributed by atoms with Crippen molar-refractivity contribution in [3.05, 3.63) is 84.7 Å². The summed E-state index contributed by atoms with van der Waals surface area (Å²) in [6.07, 6.45) is 3.12. The third-order valence-electron chi connectivity index (χ3n) is 5.06. The molecule has 0 unspecified atom stereocenters. The number of nitrogens with zero attached hydrogens (tertiary/aromatic N) is 2. The Morgan fingerprint density at radius 3 is 2.79 bits per heavy atom. The highest BCUT2D eigenvalue weighted by Crippen LogP contribution is 2.25. The van der Waals surface area contributed by atoms with Gasteiger partial charge in [0.05, 0.1) is 17.6 Å². The topological polar surface area (TPSA) is 29.9 Å². The van der Waals surface area contributed by atoms with Crippen LogP contribution < -0.4 is 5.32 Å². The van der Waals surface area contributed by atoms with Gasteiger partial charge in [-0.25, -0.2) is 4.98 Å². The second-order valence-electron chi connectivity index (χ2n) is 7.17. The van der Waals surface area contributed by atoms with E-state index in [-0.39, 0.29) is 0 Å². The molecule has 0 bridgehead atoms. The fraction of sp³-hybridized carbons (Fsp3) is 0.240. The Morgan fingerprint density at radius 1 is 1.07 bits per heavy atom. The quantitative estimate of drug-likeness (QED) is 0.269. The van der Waals surface area contributed by atoms with E-state index < -0.39 is 0 Å². The van der Waals surface area contributed by atoms with Gasteiger partial charge in [0, 0.05) is 18.0 Å². The van der Waals surface area contributed by atoms with E-state index in [4.69, 9.17) is 4.98 Å². The van der Waals surface area contributed by atoms with Gasteiger partial charge in [-0.05, 0) is 46.7 Å². The molecule has 0 fully saturated rings. The van der Waals surface area contributed by atoms with Crippen LogP contribution in [0.4, 0.5) is 0 Å². The van der Waals surface area contributed by atoms with Crippen molar-refractivity contribution in [3.8, 4) is 0 Å². The van der Waals surface area contributed by atoms with Crippen molar-refractivity contribution in [2.45, 2.75) is 37.9 Å². The van der Waals surface area contributed by atoms with E-state index in [1.807, 2.05) is 17.8 Å². The summed E-state index contributed by atoms with van der Waals surface area (Å²) in [5.41, 5.74) is 3.55. The van der Waals surface area contributed by atoms with E-state index >= 15 is 0 Å². The molecule has 1 N–H and O–H groups in total. The van der Waals surface area contributed by atoms with Crippen molar-refractivity contribution >= 4 is 33.6 Å². The Bertz CT molecular complexity index is 1120. The molecule has 0 radical (unpaired) electrons. The molecule has 0 spiro atoms. The Kier molecular flexibility index (Phi) is 6.33. The second-order valence-corrected chi connectivity index (χ2v) is 8.34. The first-order valence-corrected chi connectivity index (χ1v) is 11.2. The number of hydrogen-bond donors (Lipinski definition) is 1. The molecule has 1 heterocycles. The number of hydrogen-bond acceptors (Lipinski definition) is 3. The Balaban J connectivity index is 1.55. The maximum Gasteiger partial charge on any atom is 0.124 e. The van der Waals surface area contributed by atoms with E-state index in [9.17, 15) is 0 Å². The van der Waals surface area contributed by atoms with E-state index in [1.54, 1.807) is 0 Å². The standard InChI is InChI=1S/C25H27N3S/c1-3-14-28-24-16-21(29-15-4-2)12-13-23(24)27-25(28)18-26-17-20-10-7-9-19-8-5-6-11-22(19)20/h3,5-13,16,26H,1,4,14-15,17-18H2,2H3. The minimum Gasteiger partial charge on any atom is -0.323 e. The smallest absolute Gasteiger partial charge is 0.124 e. The zero-order valence-corrected chi connectivity index (χ0v) is 17.7. The molecule has 0 aliphatic carbocycles. The first-order valence-electron chi connectivity index (χ1n) is 10.2. The first kappa shape index (κ1) is 19.7. The molecule has 0 aliphatic heterocycles. The van der Waals surface area contributed by atoms with Crippen LogP contribution in [0.25, 0.3) is 21.8 Å². The lowest BCUT2D eigenvalue weighted by atomic mass is 10.0. The fourth-order valence-electron chi connectivity index (χ4n) is 3.69. The number of fused-ring (bicyclic) bond motifs is 2. The average Bonchev–Trinajstić information content (AvgIpc) is 3.09. The number of nitrogens with one attached hydrogen (secondary N) is 1. The van der Waals surface area contributed by atoms with E-state index in [0.717, 1.165) is 36.7 Å². The molecule has 0 aliphatic rings. The summed E-state index contributed by atoms with van der Waals surface area (Å²) in [5.74, 6) is 2.19. The van der Waals surface area contributed by atoms with Gasteiger partial charge < -0.3 is 9.88 Å². The highest BCUT2D eigenvalue weighted by atomic mass is 32.2. The van der Waals surface area contributed by atoms with Gasteiger partial charge >= 0.3 is 0 Å². The normalized spacial score (nSPS) is 11.3. The molecular formula is C25H27N3S. The minimum atomic E-state index is 0.725. The maximum atomic E-state index is 4.89. The molecule has 3 aromatic carbocycles. The van der Waals surface area contributed by atoms with Crippen LogP contribution in [0.1, 0.15) is 24.7 Å². The lowest BCUT2D eigenvalue weighted by Crippen LogP contribution is -2.16. The molecule has 3 nitrogen and oxygen atoms in total. The molecule has 1 aromatic heterocycles. The molecule has 29 heavy (non-hydrogen) atoms. The van der Waals surface area contributed by atoms with Crippen LogP contribution in [0.5, 0.6) is 0 Å². The van der Waals surface area contributed by atoms with Gasteiger partial charge in [0.15, 0.2) is 0 Å². The zero-order valence-electron chi connectivity index (χ0n) is 16.9. The lowest BCUT2D eigenvalue weighted by molar-refractivity contribution is 0.633. The van der Waals surface area contributed by atoms with Crippen LogP contribution in [0.3, 0.4) is 0 Å². The Labute approximate surface area is 176 Å². The van der Waals surface area contributed by atoms with Crippen molar-refractivity contribution in [3.63, 3.8) is 0 Å². The molecule has 4 heteroatoms. The van der Waals surface area contributed by atoms with Crippen molar-refractivity contribution in [2.75, 3.05) is 5.75 Å². The Morgan fingerprint density at radius 2 is 1.93 bits per heavy atom. The monoisotopic (exact) mass is 401 g/mol. The molecular weight excluding hydrogens is 374 g/mol. The average molecular weight is 402 g/mol. The SMILES string of the molecule is C=CCn1c(CNCc2cccc3ccccc23)nc2ccc(SCCC)cc21. The van der Waals surface area contributed by atoms with Gasteiger partial charge in [-0.1, -0.05) is 55.5 Å². The number of imidazole rings is 1. The largest absolute Gasteiger partial charge is 0.323 e. The summed E-state index contributed by atoms with van der Waals surface area (Å²) in [6, 6.07) is 21.6. The molecule has 0 amide bonds. The van der Waals surface area contributed by atoms with Crippen LogP contribution in [0.15, 0.2) is 78.2 Å². The molecule has 148 valence electrons. The zero-order chi connectivity index (χ0) is 20.1. The van der Waals surface area contributed by atoms with Gasteiger partial charge in [0.2, 0.25) is 0 Å². The molecule has 0 saturated carbocycles. The lowest BCUT2D eigenvalue weighted by Gasteiger charge is -2.10. The molecule has 4 rings (SSSR count). The van der Waals surface area contributed by atoms with Crippen LogP contribution in [-0.4, -0.2) is 15.3 Å². The van der Waals surface area contributed by atoms with E-state index in [0.29, 0.717) is 0 Å². The fourth-order valence-corrected chi connectivity index (χ4v) is 4.48. The first-order chi connectivity index (χ1) is 14.3. The highest BCUT2D eigenvalue weighted by molar-refractivity contribution is 7.99. The highest BCUT2D eigenvalue weighted by Gasteiger charge is 2.11. The van der Waals surface area contributed by atoms with Crippen LogP contribution in [0, 0.1) is 0 Å². The summed E-state index contributed by atoms with van der Waals surface area (Å²) in [4.78, 5) is 6.20. The third-order valence-corrected chi connectivity index (χ3v) is 6.26. The minimum absolute atomic E-state index is 0.725. The summed E-state index contributed by atoms with van der Waals surface area (Å²) in [7, 11) is 0. The molecule has 0 saturated heterocycles. The van der Waals surface area contributed by atoms with Crippen molar-refractivity contribution < 1.29 is 0 Å². The van der Waals surface area contributed by atoms with Gasteiger partial charge in [0.1, 0.15) is 5.82 Å². The maximum absolute atomic E-state index is 4.89. The third kappa shape index (κ3) is 4.39. The number of allylic oxidation sites excluding steroid dienone is 1. The Hall–Kier alpha value is -2.56. The van der Waals surface area contributed by atoms with Gasteiger partial charge in [0.25, 0.3) is 0 Å². The summed E-state index contributed by atoms with van der Waals surface area (Å²) < 4.78 is 2.27. The van der Waals surface area contributed by atoms with Crippen LogP contribution in [0.2, 0.25) is 0 Å². The van der Waals surface area contributed by atoms with E-state index in [2.05, 4.69) is 84.1 Å². The number of thioether (sulfide) groups is 1. The molecule has 4 aromatic rings. The van der Waals surface area contributed by atoms with Gasteiger partial charge in [-0.3, -0.25) is 0 Å². The van der Waals surface area contributed by atoms with Crippen molar-refractivity contribution in [2.24, 2.45) is 0 Å². The number of aromatic nitrogens is 2.